The minimum absolute atomic E-state index is 0.0337. The van der Waals surface area contributed by atoms with Gasteiger partial charge in [-0.05, 0) is 29.5 Å². The first kappa shape index (κ1) is 18.8. The summed E-state index contributed by atoms with van der Waals surface area (Å²) in [6.07, 6.45) is 3.70. The molecule has 0 amide bonds. The van der Waals surface area contributed by atoms with E-state index in [1.807, 2.05) is 31.7 Å². The molecule has 0 N–H and O–H groups in total. The van der Waals surface area contributed by atoms with Gasteiger partial charge in [-0.3, -0.25) is 4.68 Å². The number of ketones is 1. The molecular weight excluding hydrogens is 370 g/mol. The van der Waals surface area contributed by atoms with Crippen molar-refractivity contribution in [2.45, 2.75) is 39.0 Å². The summed E-state index contributed by atoms with van der Waals surface area (Å²) in [5, 5.41) is 7.44. The zero-order valence-electron chi connectivity index (χ0n) is 17.9. The molecule has 2 aliphatic carbocycles. The van der Waals surface area contributed by atoms with Crippen LogP contribution in [0.4, 0.5) is 0 Å². The molecule has 0 aliphatic heterocycles. The van der Waals surface area contributed by atoms with Gasteiger partial charge in [-0.2, -0.15) is 5.10 Å². The molecule has 4 nitrogen and oxygen atoms in total. The summed E-state index contributed by atoms with van der Waals surface area (Å²) in [6.45, 7) is 13.7. The minimum Gasteiger partial charge on any atom is -0.307 e. The highest BCUT2D eigenvalue weighted by Gasteiger charge is 2.55. The number of benzene rings is 2. The predicted octanol–water partition coefficient (Wildman–Crippen LogP) is 5.47. The Morgan fingerprint density at radius 2 is 1.87 bits per heavy atom. The van der Waals surface area contributed by atoms with E-state index in [-0.39, 0.29) is 17.4 Å². The number of Topliss-reactive ketones (excluding diaryl/α,β-unsaturated/α-hetero) is 1. The Bertz CT molecular complexity index is 1280. The molecule has 150 valence electrons. The highest BCUT2D eigenvalue weighted by molar-refractivity contribution is 6.03. The Kier molecular flexibility index (Phi) is 3.86. The molecule has 0 unspecified atom stereocenters. The number of allylic oxidation sites excluding steroid dienone is 2. The standard InChI is InChI=1S/C26H25N3O/c1-25(2)21-14-13-19-22(18-12-8-10-16-9-6-7-11-17(16)18)29(5)28-23(19)26(21,3)15-20(27-4)24(25)30/h6-12,15,21H,13-14H2,1-3,5H3/t21-,26-/m0/s1. The molecule has 30 heavy (non-hydrogen) atoms. The maximum atomic E-state index is 12.9. The van der Waals surface area contributed by atoms with E-state index in [4.69, 9.17) is 11.7 Å². The Morgan fingerprint density at radius 3 is 2.63 bits per heavy atom. The van der Waals surface area contributed by atoms with Gasteiger partial charge in [0.1, 0.15) is 0 Å². The zero-order valence-corrected chi connectivity index (χ0v) is 17.9. The lowest BCUT2D eigenvalue weighted by atomic mass is 9.53. The molecule has 0 radical (unpaired) electrons. The number of aryl methyl sites for hydroxylation is 1. The SMILES string of the molecule is [C-]#[N+]C1=C[C@]2(C)c3nn(C)c(-c4cccc5ccccc45)c3CC[C@H]2C(C)(C)C1=O. The number of carbonyl (C=O) groups is 1. The molecule has 0 fully saturated rings. The number of rotatable bonds is 1. The van der Waals surface area contributed by atoms with Gasteiger partial charge >= 0.3 is 0 Å². The van der Waals surface area contributed by atoms with Gasteiger partial charge in [-0.15, -0.1) is 0 Å². The third-order valence-electron chi connectivity index (χ3n) is 7.35. The smallest absolute Gasteiger partial charge is 0.226 e. The van der Waals surface area contributed by atoms with Crippen molar-refractivity contribution in [3.8, 4) is 11.3 Å². The normalized spacial score (nSPS) is 24.7. The second-order valence-electron chi connectivity index (χ2n) is 9.39. The van der Waals surface area contributed by atoms with Gasteiger partial charge in [0.05, 0.1) is 18.0 Å². The van der Waals surface area contributed by atoms with E-state index >= 15 is 0 Å². The maximum absolute atomic E-state index is 12.9. The van der Waals surface area contributed by atoms with Crippen LogP contribution in [0.3, 0.4) is 0 Å². The lowest BCUT2D eigenvalue weighted by molar-refractivity contribution is -0.128. The average molecular weight is 396 g/mol. The fourth-order valence-corrected chi connectivity index (χ4v) is 5.96. The van der Waals surface area contributed by atoms with Crippen molar-refractivity contribution in [1.29, 1.82) is 0 Å². The quantitative estimate of drug-likeness (QED) is 0.512. The van der Waals surface area contributed by atoms with Gasteiger partial charge < -0.3 is 4.79 Å². The number of fused-ring (bicyclic) bond motifs is 4. The highest BCUT2D eigenvalue weighted by atomic mass is 16.1. The third-order valence-corrected chi connectivity index (χ3v) is 7.35. The van der Waals surface area contributed by atoms with E-state index in [2.05, 4.69) is 54.2 Å². The fraction of sp³-hybridized carbons (Fsp3) is 0.346. The number of hydrogen-bond donors (Lipinski definition) is 0. The van der Waals surface area contributed by atoms with Crippen LogP contribution in [0.1, 0.15) is 38.4 Å². The Morgan fingerprint density at radius 1 is 1.13 bits per heavy atom. The van der Waals surface area contributed by atoms with Gasteiger partial charge in [0.25, 0.3) is 0 Å². The van der Waals surface area contributed by atoms with Crippen LogP contribution in [0, 0.1) is 17.9 Å². The molecule has 2 aliphatic rings. The van der Waals surface area contributed by atoms with E-state index in [1.165, 1.54) is 21.9 Å². The second kappa shape index (κ2) is 6.15. The second-order valence-corrected chi connectivity index (χ2v) is 9.39. The van der Waals surface area contributed by atoms with Gasteiger partial charge in [-0.25, -0.2) is 4.85 Å². The van der Waals surface area contributed by atoms with Crippen molar-refractivity contribution in [1.82, 2.24) is 9.78 Å². The molecule has 2 aromatic carbocycles. The van der Waals surface area contributed by atoms with Crippen molar-refractivity contribution in [2.75, 3.05) is 0 Å². The summed E-state index contributed by atoms with van der Waals surface area (Å²) in [5.74, 6) is 0.0967. The van der Waals surface area contributed by atoms with Crippen molar-refractivity contribution >= 4 is 16.6 Å². The highest BCUT2D eigenvalue weighted by Crippen LogP contribution is 2.55. The van der Waals surface area contributed by atoms with Crippen molar-refractivity contribution < 1.29 is 4.79 Å². The Hall–Kier alpha value is -3.19. The van der Waals surface area contributed by atoms with E-state index in [0.717, 1.165) is 24.2 Å². The van der Waals surface area contributed by atoms with E-state index in [0.29, 0.717) is 0 Å². The average Bonchev–Trinajstić information content (AvgIpc) is 3.07. The number of nitrogens with zero attached hydrogens (tertiary/aromatic N) is 3. The molecule has 1 aromatic heterocycles. The first-order valence-electron chi connectivity index (χ1n) is 10.5. The lowest BCUT2D eigenvalue weighted by Gasteiger charge is -2.49. The monoisotopic (exact) mass is 395 g/mol. The predicted molar refractivity (Wildman–Crippen MR) is 119 cm³/mol. The number of hydrogen-bond acceptors (Lipinski definition) is 2. The summed E-state index contributed by atoms with van der Waals surface area (Å²) in [5.41, 5.74) is 3.86. The largest absolute Gasteiger partial charge is 0.307 e. The summed E-state index contributed by atoms with van der Waals surface area (Å²) in [4.78, 5) is 16.5. The Balaban J connectivity index is 1.78. The molecule has 0 saturated heterocycles. The minimum atomic E-state index is -0.571. The van der Waals surface area contributed by atoms with Crippen molar-refractivity contribution in [3.63, 3.8) is 0 Å². The molecule has 4 heteroatoms. The van der Waals surface area contributed by atoms with Crippen LogP contribution in [0.15, 0.2) is 54.2 Å². The van der Waals surface area contributed by atoms with Crippen LogP contribution >= 0.6 is 0 Å². The maximum Gasteiger partial charge on any atom is 0.226 e. The summed E-state index contributed by atoms with van der Waals surface area (Å²) in [6, 6.07) is 14.8. The molecule has 1 heterocycles. The summed E-state index contributed by atoms with van der Waals surface area (Å²) < 4.78 is 1.99. The van der Waals surface area contributed by atoms with Crippen LogP contribution in [0.2, 0.25) is 0 Å². The summed E-state index contributed by atoms with van der Waals surface area (Å²) >= 11 is 0. The molecular formula is C26H25N3O. The zero-order chi connectivity index (χ0) is 21.3. The topological polar surface area (TPSA) is 39.2 Å². The molecule has 5 rings (SSSR count). The molecule has 0 bridgehead atoms. The van der Waals surface area contributed by atoms with Crippen LogP contribution in [-0.2, 0) is 23.7 Å². The number of carbonyl (C=O) groups excluding carboxylic acids is 1. The van der Waals surface area contributed by atoms with Gasteiger partial charge in [0.2, 0.25) is 5.70 Å². The van der Waals surface area contributed by atoms with Gasteiger partial charge in [0, 0.05) is 29.0 Å². The molecule has 2 atom stereocenters. The van der Waals surface area contributed by atoms with Gasteiger partial charge in [-0.1, -0.05) is 69.3 Å². The first-order chi connectivity index (χ1) is 14.3. The van der Waals surface area contributed by atoms with Crippen LogP contribution in [0.5, 0.6) is 0 Å². The summed E-state index contributed by atoms with van der Waals surface area (Å²) in [7, 11) is 2.01. The van der Waals surface area contributed by atoms with Crippen LogP contribution in [-0.4, -0.2) is 15.6 Å². The van der Waals surface area contributed by atoms with Crippen molar-refractivity contribution in [2.24, 2.45) is 18.4 Å². The molecule has 3 aromatic rings. The first-order valence-corrected chi connectivity index (χ1v) is 10.5. The van der Waals surface area contributed by atoms with E-state index in [9.17, 15) is 4.79 Å². The molecule has 0 saturated carbocycles. The van der Waals surface area contributed by atoms with Gasteiger partial charge in [0.15, 0.2) is 5.78 Å². The van der Waals surface area contributed by atoms with Crippen LogP contribution < -0.4 is 0 Å². The Labute approximate surface area is 177 Å². The van der Waals surface area contributed by atoms with Crippen LogP contribution in [0.25, 0.3) is 26.9 Å². The number of aromatic nitrogens is 2. The van der Waals surface area contributed by atoms with E-state index < -0.39 is 10.8 Å². The van der Waals surface area contributed by atoms with Crippen molar-refractivity contribution in [3.05, 3.63) is 76.9 Å². The lowest BCUT2D eigenvalue weighted by Crippen LogP contribution is -2.50. The molecule has 0 spiro atoms. The van der Waals surface area contributed by atoms with E-state index in [1.54, 1.807) is 0 Å². The fourth-order valence-electron chi connectivity index (χ4n) is 5.96. The third kappa shape index (κ3) is 2.32.